The number of nitrogens with one attached hydrogen (secondary N) is 1. The van der Waals surface area contributed by atoms with Gasteiger partial charge in [0.1, 0.15) is 0 Å². The third kappa shape index (κ3) is 4.33. The lowest BCUT2D eigenvalue weighted by Gasteiger charge is -2.11. The van der Waals surface area contributed by atoms with Gasteiger partial charge in [-0.1, -0.05) is 6.07 Å². The molecule has 0 saturated carbocycles. The third-order valence-electron chi connectivity index (χ3n) is 3.09. The summed E-state index contributed by atoms with van der Waals surface area (Å²) in [4.78, 5) is 11.9. The maximum Gasteiger partial charge on any atom is 0.416 e. The summed E-state index contributed by atoms with van der Waals surface area (Å²) >= 11 is 0. The van der Waals surface area contributed by atoms with Gasteiger partial charge in [-0.2, -0.15) is 13.2 Å². The van der Waals surface area contributed by atoms with Crippen molar-refractivity contribution in [2.24, 2.45) is 5.14 Å². The molecule has 0 bridgehead atoms. The number of aryl methyl sites for hydroxylation is 1. The second-order valence-corrected chi connectivity index (χ2v) is 6.67. The van der Waals surface area contributed by atoms with Crippen LogP contribution in [0.25, 0.3) is 0 Å². The molecule has 5 nitrogen and oxygen atoms in total. The van der Waals surface area contributed by atoms with Gasteiger partial charge in [-0.25, -0.2) is 13.6 Å². The largest absolute Gasteiger partial charge is 0.416 e. The van der Waals surface area contributed by atoms with Crippen molar-refractivity contribution in [3.8, 4) is 0 Å². The molecule has 0 radical (unpaired) electrons. The van der Waals surface area contributed by atoms with Crippen molar-refractivity contribution in [2.45, 2.75) is 18.0 Å². The minimum absolute atomic E-state index is 0.0311. The number of halogens is 3. The van der Waals surface area contributed by atoms with E-state index in [-0.39, 0.29) is 16.1 Å². The smallest absolute Gasteiger partial charge is 0.322 e. The fourth-order valence-corrected chi connectivity index (χ4v) is 2.66. The highest BCUT2D eigenvalue weighted by molar-refractivity contribution is 7.89. The van der Waals surface area contributed by atoms with E-state index in [1.807, 2.05) is 0 Å². The second kappa shape index (κ2) is 6.25. The quantitative estimate of drug-likeness (QED) is 0.884. The van der Waals surface area contributed by atoms with Crippen molar-refractivity contribution in [3.63, 3.8) is 0 Å². The van der Waals surface area contributed by atoms with Crippen LogP contribution in [0.5, 0.6) is 0 Å². The summed E-state index contributed by atoms with van der Waals surface area (Å²) in [6, 6.07) is 7.86. The van der Waals surface area contributed by atoms with Crippen LogP contribution in [-0.4, -0.2) is 14.3 Å². The number of carbonyl (C=O) groups is 1. The van der Waals surface area contributed by atoms with E-state index in [2.05, 4.69) is 5.32 Å². The minimum atomic E-state index is -4.54. The van der Waals surface area contributed by atoms with Crippen molar-refractivity contribution < 1.29 is 26.4 Å². The summed E-state index contributed by atoms with van der Waals surface area (Å²) in [7, 11) is -4.01. The Hall–Kier alpha value is -2.39. The number of benzene rings is 2. The highest BCUT2D eigenvalue weighted by Crippen LogP contribution is 2.30. The van der Waals surface area contributed by atoms with Crippen LogP contribution in [0.15, 0.2) is 47.4 Å². The number of hydrogen-bond acceptors (Lipinski definition) is 3. The van der Waals surface area contributed by atoms with E-state index in [1.165, 1.54) is 18.2 Å². The number of primary sulfonamides is 1. The summed E-state index contributed by atoms with van der Waals surface area (Å²) in [5.41, 5.74) is -0.532. The maximum atomic E-state index is 12.7. The molecule has 0 aliphatic heterocycles. The van der Waals surface area contributed by atoms with Crippen molar-refractivity contribution >= 4 is 21.6 Å². The molecule has 0 aromatic heterocycles. The first-order valence-corrected chi connectivity index (χ1v) is 8.14. The van der Waals surface area contributed by atoms with Crippen LogP contribution in [0.2, 0.25) is 0 Å². The molecule has 0 atom stereocenters. The van der Waals surface area contributed by atoms with Gasteiger partial charge in [0, 0.05) is 11.3 Å². The van der Waals surface area contributed by atoms with Crippen molar-refractivity contribution in [3.05, 3.63) is 59.2 Å². The first-order chi connectivity index (χ1) is 11.0. The Labute approximate surface area is 136 Å². The number of rotatable bonds is 3. The molecule has 1 amide bonds. The Balaban J connectivity index is 2.33. The molecule has 2 aromatic rings. The van der Waals surface area contributed by atoms with Gasteiger partial charge in [0.15, 0.2) is 0 Å². The molecule has 128 valence electrons. The maximum absolute atomic E-state index is 12.7. The number of nitrogens with two attached hydrogens (primary N) is 1. The molecule has 0 spiro atoms. The van der Waals surface area contributed by atoms with Crippen LogP contribution in [0.3, 0.4) is 0 Å². The van der Waals surface area contributed by atoms with Gasteiger partial charge >= 0.3 is 6.18 Å². The average Bonchev–Trinajstić information content (AvgIpc) is 2.45. The number of amides is 1. The normalized spacial score (nSPS) is 12.0. The molecule has 9 heteroatoms. The molecular formula is C15H13F3N2O3S. The predicted molar refractivity (Wildman–Crippen MR) is 81.9 cm³/mol. The number of hydrogen-bond donors (Lipinski definition) is 2. The monoisotopic (exact) mass is 358 g/mol. The zero-order valence-corrected chi connectivity index (χ0v) is 13.2. The van der Waals surface area contributed by atoms with Crippen LogP contribution >= 0.6 is 0 Å². The number of sulfonamides is 1. The number of anilines is 1. The Kier molecular flexibility index (Phi) is 4.68. The van der Waals surface area contributed by atoms with Gasteiger partial charge < -0.3 is 5.32 Å². The van der Waals surface area contributed by atoms with Crippen LogP contribution in [0.4, 0.5) is 18.9 Å². The van der Waals surface area contributed by atoms with Crippen LogP contribution in [0, 0.1) is 6.92 Å². The van der Waals surface area contributed by atoms with Gasteiger partial charge in [-0.15, -0.1) is 0 Å². The molecule has 0 unspecified atom stereocenters. The molecule has 2 rings (SSSR count). The lowest BCUT2D eigenvalue weighted by Crippen LogP contribution is -2.16. The van der Waals surface area contributed by atoms with E-state index >= 15 is 0 Å². The van der Waals surface area contributed by atoms with E-state index in [0.29, 0.717) is 5.56 Å². The van der Waals surface area contributed by atoms with Crippen LogP contribution in [0.1, 0.15) is 21.5 Å². The molecule has 0 saturated heterocycles. The lowest BCUT2D eigenvalue weighted by molar-refractivity contribution is -0.137. The fraction of sp³-hybridized carbons (Fsp3) is 0.133. The molecular weight excluding hydrogens is 345 g/mol. The summed E-state index contributed by atoms with van der Waals surface area (Å²) in [6.45, 7) is 1.57. The first kappa shape index (κ1) is 18.0. The van der Waals surface area contributed by atoms with E-state index in [9.17, 15) is 26.4 Å². The zero-order valence-electron chi connectivity index (χ0n) is 12.4. The molecule has 24 heavy (non-hydrogen) atoms. The van der Waals surface area contributed by atoms with Crippen molar-refractivity contribution in [1.82, 2.24) is 0 Å². The van der Waals surface area contributed by atoms with E-state index in [0.717, 1.165) is 24.3 Å². The average molecular weight is 358 g/mol. The van der Waals surface area contributed by atoms with Crippen LogP contribution < -0.4 is 10.5 Å². The Morgan fingerprint density at radius 3 is 2.38 bits per heavy atom. The first-order valence-electron chi connectivity index (χ1n) is 6.60. The Bertz CT molecular complexity index is 893. The van der Waals surface area contributed by atoms with E-state index in [1.54, 1.807) is 6.92 Å². The zero-order chi connectivity index (χ0) is 18.1. The topological polar surface area (TPSA) is 89.3 Å². The second-order valence-electron chi connectivity index (χ2n) is 5.11. The Morgan fingerprint density at radius 1 is 1.12 bits per heavy atom. The van der Waals surface area contributed by atoms with Gasteiger partial charge in [0.05, 0.1) is 10.5 Å². The minimum Gasteiger partial charge on any atom is -0.322 e. The Morgan fingerprint density at radius 2 is 1.79 bits per heavy atom. The number of carbonyl (C=O) groups excluding carboxylic acids is 1. The van der Waals surface area contributed by atoms with E-state index in [4.69, 9.17) is 5.14 Å². The number of alkyl halides is 3. The van der Waals surface area contributed by atoms with Gasteiger partial charge in [0.2, 0.25) is 10.0 Å². The predicted octanol–water partition coefficient (Wildman–Crippen LogP) is 2.91. The molecule has 0 fully saturated rings. The van der Waals surface area contributed by atoms with E-state index < -0.39 is 27.7 Å². The SMILES string of the molecule is Cc1cc(C(=O)Nc2cccc(C(F)(F)F)c2)cc(S(N)(=O)=O)c1. The summed E-state index contributed by atoms with van der Waals surface area (Å²) < 4.78 is 60.8. The standard InChI is InChI=1S/C15H13F3N2O3S/c1-9-5-10(7-13(6-9)24(19,22)23)14(21)20-12-4-2-3-11(8-12)15(16,17)18/h2-8H,1H3,(H,20,21)(H2,19,22,23). The van der Waals surface area contributed by atoms with Gasteiger partial charge in [-0.3, -0.25) is 4.79 Å². The molecule has 0 aliphatic carbocycles. The molecule has 2 aromatic carbocycles. The molecule has 0 aliphatic rings. The molecule has 3 N–H and O–H groups in total. The summed E-state index contributed by atoms with van der Waals surface area (Å²) in [5, 5.41) is 7.33. The lowest BCUT2D eigenvalue weighted by atomic mass is 10.1. The highest BCUT2D eigenvalue weighted by Gasteiger charge is 2.30. The fourth-order valence-electron chi connectivity index (χ4n) is 2.02. The third-order valence-corrected chi connectivity index (χ3v) is 3.98. The van der Waals surface area contributed by atoms with Crippen molar-refractivity contribution in [2.75, 3.05) is 5.32 Å². The highest BCUT2D eigenvalue weighted by atomic mass is 32.2. The van der Waals surface area contributed by atoms with Crippen LogP contribution in [-0.2, 0) is 16.2 Å². The van der Waals surface area contributed by atoms with Gasteiger partial charge in [0.25, 0.3) is 5.91 Å². The summed E-state index contributed by atoms with van der Waals surface area (Å²) in [6.07, 6.45) is -4.54. The molecule has 0 heterocycles. The summed E-state index contributed by atoms with van der Waals surface area (Å²) in [5.74, 6) is -0.747. The van der Waals surface area contributed by atoms with Gasteiger partial charge in [-0.05, 0) is 48.9 Å². The van der Waals surface area contributed by atoms with Crippen molar-refractivity contribution in [1.29, 1.82) is 0 Å².